The van der Waals surface area contributed by atoms with Crippen LogP contribution in [0.5, 0.6) is 0 Å². The first-order valence-electron chi connectivity index (χ1n) is 3.23. The Balaban J connectivity index is 3.26. The van der Waals surface area contributed by atoms with E-state index in [9.17, 15) is 4.79 Å². The highest BCUT2D eigenvalue weighted by Crippen LogP contribution is 2.00. The van der Waals surface area contributed by atoms with Crippen molar-refractivity contribution in [2.24, 2.45) is 0 Å². The summed E-state index contributed by atoms with van der Waals surface area (Å²) in [4.78, 5) is 10.7. The number of thioether (sulfide) groups is 1. The van der Waals surface area contributed by atoms with Crippen LogP contribution in [0.1, 0.15) is 13.8 Å². The van der Waals surface area contributed by atoms with Gasteiger partial charge in [0.25, 0.3) is 0 Å². The molecular weight excluding hydrogens is 148 g/mol. The summed E-state index contributed by atoms with van der Waals surface area (Å²) in [6, 6.07) is 0. The lowest BCUT2D eigenvalue weighted by Crippen LogP contribution is -2.13. The Morgan fingerprint density at radius 1 is 1.70 bits per heavy atom. The lowest BCUT2D eigenvalue weighted by atomic mass is 10.5. The molecule has 0 spiro atoms. The van der Waals surface area contributed by atoms with Crippen molar-refractivity contribution in [3.05, 3.63) is 6.92 Å². The monoisotopic (exact) mass is 161 g/mol. The van der Waals surface area contributed by atoms with E-state index >= 15 is 0 Å². The fraction of sp³-hybridized carbons (Fsp3) is 0.714. The van der Waals surface area contributed by atoms with Gasteiger partial charge >= 0.3 is 5.97 Å². The second kappa shape index (κ2) is 5.59. The van der Waals surface area contributed by atoms with Crippen LogP contribution in [0, 0.1) is 6.92 Å². The zero-order valence-electron chi connectivity index (χ0n) is 6.42. The fourth-order valence-electron chi connectivity index (χ4n) is 0.452. The molecule has 0 rings (SSSR count). The second-order valence-corrected chi connectivity index (χ2v) is 3.20. The van der Waals surface area contributed by atoms with E-state index in [4.69, 9.17) is 4.74 Å². The van der Waals surface area contributed by atoms with Crippen molar-refractivity contribution in [2.45, 2.75) is 20.0 Å². The maximum atomic E-state index is 10.7. The van der Waals surface area contributed by atoms with Crippen molar-refractivity contribution < 1.29 is 9.53 Å². The number of carbonyl (C=O) groups is 1. The molecule has 0 fully saturated rings. The van der Waals surface area contributed by atoms with Crippen molar-refractivity contribution in [1.82, 2.24) is 0 Å². The summed E-state index contributed by atoms with van der Waals surface area (Å²) in [5.41, 5.74) is 0. The zero-order chi connectivity index (χ0) is 7.98. The molecule has 0 heterocycles. The lowest BCUT2D eigenvalue weighted by molar-refractivity contribution is -0.144. The molecule has 0 aliphatic carbocycles. The van der Waals surface area contributed by atoms with Gasteiger partial charge in [-0.25, -0.2) is 0 Å². The highest BCUT2D eigenvalue weighted by atomic mass is 32.2. The Morgan fingerprint density at radius 2 is 2.30 bits per heavy atom. The molecule has 1 radical (unpaired) electrons. The molecule has 0 aliphatic heterocycles. The van der Waals surface area contributed by atoms with E-state index in [1.54, 1.807) is 0 Å². The summed E-state index contributed by atoms with van der Waals surface area (Å²) in [5.74, 6) is 0.984. The van der Waals surface area contributed by atoms with Crippen LogP contribution in [-0.2, 0) is 9.53 Å². The first kappa shape index (κ1) is 9.82. The molecular formula is C7H13O2S. The summed E-state index contributed by atoms with van der Waals surface area (Å²) >= 11 is 1.47. The largest absolute Gasteiger partial charge is 0.462 e. The molecule has 0 amide bonds. The molecule has 3 heteroatoms. The maximum absolute atomic E-state index is 10.7. The number of ether oxygens (including phenoxy) is 1. The Bertz CT molecular complexity index is 102. The summed E-state index contributed by atoms with van der Waals surface area (Å²) in [6.45, 7) is 7.27. The van der Waals surface area contributed by atoms with Gasteiger partial charge in [-0.1, -0.05) is 0 Å². The number of hydrogen-bond acceptors (Lipinski definition) is 3. The molecule has 0 saturated carbocycles. The van der Waals surface area contributed by atoms with E-state index in [1.165, 1.54) is 11.8 Å². The molecule has 0 unspecified atom stereocenters. The number of carbonyl (C=O) groups excluding carboxylic acids is 1. The topological polar surface area (TPSA) is 26.3 Å². The van der Waals surface area contributed by atoms with Crippen LogP contribution in [-0.4, -0.2) is 23.6 Å². The Hall–Kier alpha value is -0.180. The first-order valence-corrected chi connectivity index (χ1v) is 4.38. The molecule has 0 atom stereocenters. The minimum absolute atomic E-state index is 0.00193. The van der Waals surface area contributed by atoms with Gasteiger partial charge in [0.2, 0.25) is 0 Å². The van der Waals surface area contributed by atoms with Crippen LogP contribution < -0.4 is 0 Å². The quantitative estimate of drug-likeness (QED) is 0.584. The third kappa shape index (κ3) is 5.95. The molecule has 0 saturated heterocycles. The molecule has 10 heavy (non-hydrogen) atoms. The average Bonchev–Trinajstić information content (AvgIpc) is 1.82. The minimum Gasteiger partial charge on any atom is -0.462 e. The Labute approximate surface area is 66.3 Å². The third-order valence-corrected chi connectivity index (χ3v) is 1.46. The van der Waals surface area contributed by atoms with Crippen LogP contribution in [0.25, 0.3) is 0 Å². The maximum Gasteiger partial charge on any atom is 0.316 e. The van der Waals surface area contributed by atoms with Crippen molar-refractivity contribution in [2.75, 3.05) is 11.5 Å². The SMILES string of the molecule is [CH2]CSCC(=O)OC(C)C. The summed E-state index contributed by atoms with van der Waals surface area (Å²) in [5, 5.41) is 0. The molecule has 0 aromatic carbocycles. The fourth-order valence-corrected chi connectivity index (χ4v) is 0.831. The van der Waals surface area contributed by atoms with Gasteiger partial charge in [-0.3, -0.25) is 4.79 Å². The molecule has 0 aromatic heterocycles. The van der Waals surface area contributed by atoms with Gasteiger partial charge in [0.15, 0.2) is 0 Å². The molecule has 0 N–H and O–H groups in total. The van der Waals surface area contributed by atoms with E-state index in [0.29, 0.717) is 11.5 Å². The smallest absolute Gasteiger partial charge is 0.316 e. The first-order chi connectivity index (χ1) is 4.66. The van der Waals surface area contributed by atoms with Crippen molar-refractivity contribution in [3.8, 4) is 0 Å². The average molecular weight is 161 g/mol. The Morgan fingerprint density at radius 3 is 2.70 bits per heavy atom. The van der Waals surface area contributed by atoms with Gasteiger partial charge in [-0.2, -0.15) is 11.8 Å². The standard InChI is InChI=1S/C7H13O2S/c1-4-10-5-7(8)9-6(2)3/h6H,1,4-5H2,2-3H3. The van der Waals surface area contributed by atoms with Crippen LogP contribution in [0.4, 0.5) is 0 Å². The number of rotatable bonds is 4. The molecule has 2 nitrogen and oxygen atoms in total. The molecule has 0 aliphatic rings. The molecule has 0 aromatic rings. The van der Waals surface area contributed by atoms with E-state index in [2.05, 4.69) is 6.92 Å². The predicted molar refractivity (Wildman–Crippen MR) is 43.9 cm³/mol. The molecule has 0 bridgehead atoms. The van der Waals surface area contributed by atoms with Crippen molar-refractivity contribution >= 4 is 17.7 Å². The zero-order valence-corrected chi connectivity index (χ0v) is 7.24. The van der Waals surface area contributed by atoms with Crippen LogP contribution >= 0.6 is 11.8 Å². The van der Waals surface area contributed by atoms with Gasteiger partial charge in [0, 0.05) is 0 Å². The van der Waals surface area contributed by atoms with E-state index in [1.807, 2.05) is 13.8 Å². The van der Waals surface area contributed by atoms with Gasteiger partial charge in [-0.15, -0.1) is 0 Å². The number of esters is 1. The van der Waals surface area contributed by atoms with E-state index < -0.39 is 0 Å². The highest BCUT2D eigenvalue weighted by molar-refractivity contribution is 8.00. The second-order valence-electron chi connectivity index (χ2n) is 2.09. The lowest BCUT2D eigenvalue weighted by Gasteiger charge is -2.06. The van der Waals surface area contributed by atoms with Gasteiger partial charge in [0.05, 0.1) is 11.9 Å². The van der Waals surface area contributed by atoms with E-state index in [0.717, 1.165) is 0 Å². The van der Waals surface area contributed by atoms with Crippen molar-refractivity contribution in [1.29, 1.82) is 0 Å². The van der Waals surface area contributed by atoms with Gasteiger partial charge in [-0.05, 0) is 26.5 Å². The summed E-state index contributed by atoms with van der Waals surface area (Å²) < 4.78 is 4.86. The predicted octanol–water partition coefficient (Wildman–Crippen LogP) is 1.51. The summed E-state index contributed by atoms with van der Waals surface area (Å²) in [6.07, 6.45) is -0.00193. The van der Waals surface area contributed by atoms with Crippen LogP contribution in [0.2, 0.25) is 0 Å². The third-order valence-electron chi connectivity index (χ3n) is 0.731. The number of hydrogen-bond donors (Lipinski definition) is 0. The highest BCUT2D eigenvalue weighted by Gasteiger charge is 2.03. The van der Waals surface area contributed by atoms with Crippen LogP contribution in [0.15, 0.2) is 0 Å². The summed E-state index contributed by atoms with van der Waals surface area (Å²) in [7, 11) is 0. The minimum atomic E-state index is -0.149. The van der Waals surface area contributed by atoms with E-state index in [-0.39, 0.29) is 12.1 Å². The Kier molecular flexibility index (Phi) is 5.49. The normalized spacial score (nSPS) is 10.0. The molecule has 59 valence electrons. The van der Waals surface area contributed by atoms with Gasteiger partial charge < -0.3 is 4.74 Å². The van der Waals surface area contributed by atoms with Gasteiger partial charge in [0.1, 0.15) is 0 Å². The van der Waals surface area contributed by atoms with Crippen molar-refractivity contribution in [3.63, 3.8) is 0 Å². The van der Waals surface area contributed by atoms with Crippen LogP contribution in [0.3, 0.4) is 0 Å².